The lowest BCUT2D eigenvalue weighted by Crippen LogP contribution is -2.52. The van der Waals surface area contributed by atoms with Crippen LogP contribution in [-0.2, 0) is 4.74 Å². The molecule has 1 fully saturated rings. The molecular weight excluding hydrogens is 314 g/mol. The number of fused-ring (bicyclic) bond motifs is 3. The first-order valence-electron chi connectivity index (χ1n) is 9.12. The van der Waals surface area contributed by atoms with Crippen molar-refractivity contribution in [3.05, 3.63) is 42.2 Å². The predicted octanol–water partition coefficient (Wildman–Crippen LogP) is 5.38. The molecule has 1 saturated heterocycles. The molecule has 2 aliphatic rings. The van der Waals surface area contributed by atoms with Gasteiger partial charge in [0.15, 0.2) is 0 Å². The summed E-state index contributed by atoms with van der Waals surface area (Å²) < 4.78 is 11.7. The van der Waals surface area contributed by atoms with E-state index in [-0.39, 0.29) is 18.2 Å². The highest BCUT2D eigenvalue weighted by molar-refractivity contribution is 5.83. The van der Waals surface area contributed by atoms with E-state index in [4.69, 9.17) is 9.15 Å². The van der Waals surface area contributed by atoms with Crippen LogP contribution in [0.5, 0.6) is 0 Å². The largest absolute Gasteiger partial charge is 0.456 e. The summed E-state index contributed by atoms with van der Waals surface area (Å²) in [4.78, 5) is 14.6. The van der Waals surface area contributed by atoms with Crippen molar-refractivity contribution in [2.45, 2.75) is 64.1 Å². The van der Waals surface area contributed by atoms with Crippen molar-refractivity contribution >= 4 is 22.6 Å². The molecular formula is C21H25NO3. The van der Waals surface area contributed by atoms with E-state index >= 15 is 0 Å². The molecule has 2 atom stereocenters. The van der Waals surface area contributed by atoms with Gasteiger partial charge in [0.2, 0.25) is 0 Å². The van der Waals surface area contributed by atoms with Crippen molar-refractivity contribution in [3.63, 3.8) is 0 Å². The Morgan fingerprint density at radius 2 is 2.04 bits per heavy atom. The monoisotopic (exact) mass is 339 g/mol. The Morgan fingerprint density at radius 3 is 2.76 bits per heavy atom. The van der Waals surface area contributed by atoms with Crippen molar-refractivity contribution in [1.82, 2.24) is 4.90 Å². The van der Waals surface area contributed by atoms with Crippen LogP contribution in [0.1, 0.15) is 52.2 Å². The number of amides is 1. The van der Waals surface area contributed by atoms with E-state index in [1.807, 2.05) is 43.9 Å². The molecule has 2 aromatic rings. The first-order valence-corrected chi connectivity index (χ1v) is 9.12. The summed E-state index contributed by atoms with van der Waals surface area (Å²) in [5, 5.41) is 1.12. The van der Waals surface area contributed by atoms with Crippen LogP contribution in [0.4, 0.5) is 4.79 Å². The Labute approximate surface area is 148 Å². The number of ether oxygens (including phenoxy) is 1. The van der Waals surface area contributed by atoms with Crippen LogP contribution in [0.25, 0.3) is 16.5 Å². The second kappa shape index (κ2) is 5.94. The van der Waals surface area contributed by atoms with E-state index in [1.54, 1.807) is 0 Å². The fourth-order valence-electron chi connectivity index (χ4n) is 3.95. The molecule has 4 nitrogen and oxygen atoms in total. The normalized spacial score (nSPS) is 23.5. The minimum absolute atomic E-state index is 0.102. The Kier molecular flexibility index (Phi) is 3.86. The molecule has 0 spiro atoms. The highest BCUT2D eigenvalue weighted by atomic mass is 16.6. The minimum atomic E-state index is -0.464. The molecule has 2 aliphatic heterocycles. The van der Waals surface area contributed by atoms with Crippen molar-refractivity contribution < 1.29 is 13.9 Å². The Hall–Kier alpha value is -2.23. The van der Waals surface area contributed by atoms with Gasteiger partial charge in [-0.2, -0.15) is 0 Å². The number of carbonyl (C=O) groups is 1. The van der Waals surface area contributed by atoms with Crippen molar-refractivity contribution in [1.29, 1.82) is 0 Å². The summed E-state index contributed by atoms with van der Waals surface area (Å²) in [5.41, 5.74) is 1.66. The molecule has 0 saturated carbocycles. The molecule has 2 bridgehead atoms. The van der Waals surface area contributed by atoms with Crippen LogP contribution in [0, 0.1) is 0 Å². The second-order valence-electron chi connectivity index (χ2n) is 8.08. The highest BCUT2D eigenvalue weighted by Gasteiger charge is 2.39. The smallest absolute Gasteiger partial charge is 0.411 e. The number of rotatable bonds is 1. The summed E-state index contributed by atoms with van der Waals surface area (Å²) in [7, 11) is 0. The topological polar surface area (TPSA) is 42.7 Å². The van der Waals surface area contributed by atoms with Crippen LogP contribution < -0.4 is 0 Å². The van der Waals surface area contributed by atoms with Gasteiger partial charge in [-0.15, -0.1) is 0 Å². The maximum absolute atomic E-state index is 12.7. The number of furan rings is 1. The third-order valence-corrected chi connectivity index (χ3v) is 4.98. The average Bonchev–Trinajstić information content (AvgIpc) is 2.96. The molecule has 25 heavy (non-hydrogen) atoms. The molecule has 0 radical (unpaired) electrons. The van der Waals surface area contributed by atoms with Gasteiger partial charge >= 0.3 is 6.09 Å². The second-order valence-corrected chi connectivity index (χ2v) is 8.08. The van der Waals surface area contributed by atoms with Gasteiger partial charge in [0.1, 0.15) is 16.9 Å². The number of piperidine rings is 1. The summed E-state index contributed by atoms with van der Waals surface area (Å²) in [6, 6.07) is 10.5. The molecule has 1 aromatic carbocycles. The van der Waals surface area contributed by atoms with Crippen molar-refractivity contribution in [3.8, 4) is 0 Å². The minimum Gasteiger partial charge on any atom is -0.456 e. The van der Waals surface area contributed by atoms with Gasteiger partial charge in [-0.3, -0.25) is 4.90 Å². The van der Waals surface area contributed by atoms with Crippen LogP contribution >= 0.6 is 0 Å². The molecule has 1 amide bonds. The number of nitrogens with zero attached hydrogens (tertiary/aromatic N) is 1. The van der Waals surface area contributed by atoms with Crippen molar-refractivity contribution in [2.24, 2.45) is 0 Å². The maximum atomic E-state index is 12.7. The zero-order chi connectivity index (χ0) is 17.6. The third kappa shape index (κ3) is 3.17. The Bertz CT molecular complexity index is 794. The molecule has 4 heteroatoms. The molecule has 4 rings (SSSR count). The number of hydrogen-bond donors (Lipinski definition) is 0. The first kappa shape index (κ1) is 16.2. The van der Waals surface area contributed by atoms with Crippen LogP contribution in [0.15, 0.2) is 40.8 Å². The molecule has 1 aromatic heterocycles. The molecule has 0 aliphatic carbocycles. The van der Waals surface area contributed by atoms with E-state index < -0.39 is 5.60 Å². The van der Waals surface area contributed by atoms with Gasteiger partial charge in [0.05, 0.1) is 6.04 Å². The van der Waals surface area contributed by atoms with E-state index in [1.165, 1.54) is 5.57 Å². The Balaban J connectivity index is 1.63. The van der Waals surface area contributed by atoms with Crippen LogP contribution in [-0.4, -0.2) is 28.7 Å². The van der Waals surface area contributed by atoms with Gasteiger partial charge in [-0.1, -0.05) is 24.3 Å². The van der Waals surface area contributed by atoms with Gasteiger partial charge in [0.25, 0.3) is 0 Å². The van der Waals surface area contributed by atoms with Crippen LogP contribution in [0.3, 0.4) is 0 Å². The van der Waals surface area contributed by atoms with Gasteiger partial charge in [0, 0.05) is 11.4 Å². The zero-order valence-corrected chi connectivity index (χ0v) is 15.1. The number of carbonyl (C=O) groups excluding carboxylic acids is 1. The fourth-order valence-corrected chi connectivity index (χ4v) is 3.95. The quantitative estimate of drug-likeness (QED) is 0.700. The number of benzene rings is 1. The summed E-state index contributed by atoms with van der Waals surface area (Å²) in [6.45, 7) is 5.75. The van der Waals surface area contributed by atoms with E-state index in [9.17, 15) is 4.79 Å². The standard InChI is InChI=1S/C21H25NO3/c1-21(2,3)25-20(23)22-16-8-6-9-17(22)12-15(11-16)19-13-14-7-4-5-10-18(14)24-19/h4-5,7,10-11,13,16-17H,6,8-9,12H2,1-3H3. The van der Waals surface area contributed by atoms with Gasteiger partial charge in [-0.25, -0.2) is 4.79 Å². The molecule has 2 unspecified atom stereocenters. The molecule has 132 valence electrons. The average molecular weight is 339 g/mol. The number of para-hydroxylation sites is 1. The first-order chi connectivity index (χ1) is 11.9. The number of hydrogen-bond acceptors (Lipinski definition) is 3. The van der Waals surface area contributed by atoms with Gasteiger partial charge in [-0.05, 0) is 64.2 Å². The van der Waals surface area contributed by atoms with E-state index in [2.05, 4.69) is 18.2 Å². The lowest BCUT2D eigenvalue weighted by Gasteiger charge is -2.44. The van der Waals surface area contributed by atoms with Gasteiger partial charge < -0.3 is 9.15 Å². The summed E-state index contributed by atoms with van der Waals surface area (Å²) in [5.74, 6) is 0.932. The fraction of sp³-hybridized carbons (Fsp3) is 0.476. The zero-order valence-electron chi connectivity index (χ0n) is 15.1. The van der Waals surface area contributed by atoms with E-state index in [0.717, 1.165) is 42.4 Å². The summed E-state index contributed by atoms with van der Waals surface area (Å²) >= 11 is 0. The highest BCUT2D eigenvalue weighted by Crippen LogP contribution is 2.39. The van der Waals surface area contributed by atoms with E-state index in [0.29, 0.717) is 0 Å². The SMILES string of the molecule is CC(C)(C)OC(=O)N1C2C=C(c3cc4ccccc4o3)CC1CCC2. The molecule has 0 N–H and O–H groups in total. The predicted molar refractivity (Wildman–Crippen MR) is 98.3 cm³/mol. The van der Waals surface area contributed by atoms with Crippen molar-refractivity contribution in [2.75, 3.05) is 0 Å². The maximum Gasteiger partial charge on any atom is 0.411 e. The summed E-state index contributed by atoms with van der Waals surface area (Å²) in [6.07, 6.45) is 6.00. The third-order valence-electron chi connectivity index (χ3n) is 4.98. The lowest BCUT2D eigenvalue weighted by atomic mass is 9.84. The van der Waals surface area contributed by atoms with Crippen LogP contribution in [0.2, 0.25) is 0 Å². The molecule has 3 heterocycles. The Morgan fingerprint density at radius 1 is 1.24 bits per heavy atom. The lowest BCUT2D eigenvalue weighted by molar-refractivity contribution is -0.00000628.